The molecule has 0 bridgehead atoms. The molecule has 2 rings (SSSR count). The highest BCUT2D eigenvalue weighted by Gasteiger charge is 2.30. The molecule has 0 spiro atoms. The minimum atomic E-state index is -3.71. The van der Waals surface area contributed by atoms with E-state index in [2.05, 4.69) is 0 Å². The largest absolute Gasteiger partial charge is 0.326 e. The Kier molecular flexibility index (Phi) is 5.35. The molecule has 4 nitrogen and oxygen atoms in total. The van der Waals surface area contributed by atoms with Crippen molar-refractivity contribution >= 4 is 10.0 Å². The minimum Gasteiger partial charge on any atom is -0.326 e. The molecule has 1 fully saturated rings. The van der Waals surface area contributed by atoms with Gasteiger partial charge in [0.15, 0.2) is 0 Å². The van der Waals surface area contributed by atoms with Gasteiger partial charge < -0.3 is 5.73 Å². The highest BCUT2D eigenvalue weighted by atomic mass is 32.2. The molecule has 21 heavy (non-hydrogen) atoms. The summed E-state index contributed by atoms with van der Waals surface area (Å²) in [4.78, 5) is -0.00301. The molecule has 2 N–H and O–H groups in total. The fourth-order valence-corrected chi connectivity index (χ4v) is 4.61. The van der Waals surface area contributed by atoms with Crippen LogP contribution in [-0.2, 0) is 16.6 Å². The maximum absolute atomic E-state index is 13.8. The van der Waals surface area contributed by atoms with E-state index in [9.17, 15) is 12.8 Å². The van der Waals surface area contributed by atoms with Gasteiger partial charge in [0.2, 0.25) is 10.0 Å². The third-order valence-electron chi connectivity index (χ3n) is 4.28. The van der Waals surface area contributed by atoms with E-state index in [1.54, 1.807) is 7.05 Å². The molecule has 0 atom stereocenters. The number of benzene rings is 1. The monoisotopic (exact) mass is 314 g/mol. The van der Waals surface area contributed by atoms with Gasteiger partial charge in [0.1, 0.15) is 5.82 Å². The van der Waals surface area contributed by atoms with Gasteiger partial charge >= 0.3 is 0 Å². The van der Waals surface area contributed by atoms with Gasteiger partial charge in [0.25, 0.3) is 0 Å². The Morgan fingerprint density at radius 2 is 1.86 bits per heavy atom. The van der Waals surface area contributed by atoms with Gasteiger partial charge in [-0.2, -0.15) is 4.31 Å². The molecule has 0 saturated heterocycles. The van der Waals surface area contributed by atoms with E-state index in [0.29, 0.717) is 0 Å². The predicted octanol–water partition coefficient (Wildman–Crippen LogP) is 2.63. The molecule has 1 aromatic rings. The molecular formula is C15H23FN2O2S. The molecule has 0 radical (unpaired) electrons. The lowest BCUT2D eigenvalue weighted by molar-refractivity contribution is 0.335. The highest BCUT2D eigenvalue weighted by molar-refractivity contribution is 7.89. The fourth-order valence-electron chi connectivity index (χ4n) is 2.95. The minimum absolute atomic E-state index is 0.00301. The summed E-state index contributed by atoms with van der Waals surface area (Å²) < 4.78 is 40.8. The Bertz CT molecular complexity index is 581. The summed E-state index contributed by atoms with van der Waals surface area (Å²) in [7, 11) is -2.11. The van der Waals surface area contributed by atoms with Crippen molar-refractivity contribution in [2.24, 2.45) is 5.73 Å². The average Bonchev–Trinajstić information content (AvgIpc) is 2.75. The topological polar surface area (TPSA) is 63.4 Å². The fraction of sp³-hybridized carbons (Fsp3) is 0.600. The van der Waals surface area contributed by atoms with Crippen LogP contribution in [0.2, 0.25) is 0 Å². The molecule has 1 aromatic carbocycles. The van der Waals surface area contributed by atoms with Gasteiger partial charge in [-0.05, 0) is 25.0 Å². The molecule has 0 heterocycles. The second-order valence-electron chi connectivity index (χ2n) is 5.59. The van der Waals surface area contributed by atoms with Crippen LogP contribution in [0.1, 0.15) is 44.1 Å². The van der Waals surface area contributed by atoms with E-state index in [-0.39, 0.29) is 23.0 Å². The number of nitrogens with two attached hydrogens (primary N) is 1. The summed E-state index contributed by atoms with van der Waals surface area (Å²) in [6.45, 7) is -0.125. The van der Waals surface area contributed by atoms with Crippen LogP contribution < -0.4 is 5.73 Å². The Labute approximate surface area is 126 Å². The highest BCUT2D eigenvalue weighted by Crippen LogP contribution is 2.28. The Hall–Kier alpha value is -0.980. The molecule has 0 aliphatic heterocycles. The molecule has 0 aromatic heterocycles. The standard InChI is InChI=1S/C15H23FN2O2S/c1-18(12-7-4-2-3-5-8-12)21(19,20)15-10-6-9-14(16)13(15)11-17/h6,9-10,12H,2-5,7-8,11,17H2,1H3. The van der Waals surface area contributed by atoms with Crippen LogP contribution in [0.15, 0.2) is 23.1 Å². The average molecular weight is 314 g/mol. The summed E-state index contributed by atoms with van der Waals surface area (Å²) in [5, 5.41) is 0. The van der Waals surface area contributed by atoms with Crippen molar-refractivity contribution in [3.8, 4) is 0 Å². The third-order valence-corrected chi connectivity index (χ3v) is 6.27. The van der Waals surface area contributed by atoms with Crippen LogP contribution in [-0.4, -0.2) is 25.8 Å². The predicted molar refractivity (Wildman–Crippen MR) is 80.7 cm³/mol. The molecule has 1 saturated carbocycles. The number of sulfonamides is 1. The zero-order chi connectivity index (χ0) is 15.5. The van der Waals surface area contributed by atoms with E-state index < -0.39 is 15.8 Å². The molecule has 1 aliphatic carbocycles. The first-order chi connectivity index (χ1) is 9.98. The van der Waals surface area contributed by atoms with Gasteiger partial charge in [-0.25, -0.2) is 12.8 Å². The van der Waals surface area contributed by atoms with Gasteiger partial charge in [-0.1, -0.05) is 31.7 Å². The smallest absolute Gasteiger partial charge is 0.243 e. The van der Waals surface area contributed by atoms with Crippen LogP contribution >= 0.6 is 0 Å². The Balaban J connectivity index is 2.34. The van der Waals surface area contributed by atoms with Gasteiger partial charge in [-0.3, -0.25) is 0 Å². The number of hydrogen-bond acceptors (Lipinski definition) is 3. The normalized spacial score (nSPS) is 17.9. The molecule has 1 aliphatic rings. The van der Waals surface area contributed by atoms with Crippen LogP contribution in [0.25, 0.3) is 0 Å². The van der Waals surface area contributed by atoms with Gasteiger partial charge in [0.05, 0.1) is 4.90 Å². The maximum Gasteiger partial charge on any atom is 0.243 e. The molecule has 118 valence electrons. The van der Waals surface area contributed by atoms with E-state index in [4.69, 9.17) is 5.73 Å². The lowest BCUT2D eigenvalue weighted by Crippen LogP contribution is -2.37. The van der Waals surface area contributed by atoms with Gasteiger partial charge in [-0.15, -0.1) is 0 Å². The van der Waals surface area contributed by atoms with Crippen molar-refractivity contribution in [1.29, 1.82) is 0 Å². The maximum atomic E-state index is 13.8. The first kappa shape index (κ1) is 16.4. The van der Waals surface area contributed by atoms with E-state index in [1.165, 1.54) is 22.5 Å². The molecular weight excluding hydrogens is 291 g/mol. The van der Waals surface area contributed by atoms with Gasteiger partial charge in [0, 0.05) is 25.2 Å². The zero-order valence-corrected chi connectivity index (χ0v) is 13.2. The second-order valence-corrected chi connectivity index (χ2v) is 7.55. The van der Waals surface area contributed by atoms with Crippen LogP contribution in [0, 0.1) is 5.82 Å². The first-order valence-electron chi connectivity index (χ1n) is 7.44. The van der Waals surface area contributed by atoms with Crippen molar-refractivity contribution < 1.29 is 12.8 Å². The van der Waals surface area contributed by atoms with E-state index in [1.807, 2.05) is 0 Å². The first-order valence-corrected chi connectivity index (χ1v) is 8.88. The van der Waals surface area contributed by atoms with Crippen molar-refractivity contribution in [3.05, 3.63) is 29.6 Å². The third kappa shape index (κ3) is 3.44. The summed E-state index contributed by atoms with van der Waals surface area (Å²) in [5.74, 6) is -0.562. The molecule has 6 heteroatoms. The Morgan fingerprint density at radius 1 is 1.24 bits per heavy atom. The Morgan fingerprint density at radius 3 is 2.43 bits per heavy atom. The molecule has 0 amide bonds. The number of rotatable bonds is 4. The second kappa shape index (κ2) is 6.85. The van der Waals surface area contributed by atoms with Crippen LogP contribution in [0.4, 0.5) is 4.39 Å². The lowest BCUT2D eigenvalue weighted by Gasteiger charge is -2.27. The van der Waals surface area contributed by atoms with Crippen LogP contribution in [0.3, 0.4) is 0 Å². The quantitative estimate of drug-likeness (QED) is 0.869. The number of hydrogen-bond donors (Lipinski definition) is 1. The van der Waals surface area contributed by atoms with Crippen molar-refractivity contribution in [2.75, 3.05) is 7.05 Å². The van der Waals surface area contributed by atoms with Crippen molar-refractivity contribution in [2.45, 2.75) is 56.0 Å². The number of halogens is 1. The summed E-state index contributed by atoms with van der Waals surface area (Å²) >= 11 is 0. The SMILES string of the molecule is CN(C1CCCCCC1)S(=O)(=O)c1cccc(F)c1CN. The summed E-state index contributed by atoms with van der Waals surface area (Å²) in [6.07, 6.45) is 6.11. The zero-order valence-electron chi connectivity index (χ0n) is 12.4. The van der Waals surface area contributed by atoms with Crippen LogP contribution in [0.5, 0.6) is 0 Å². The van der Waals surface area contributed by atoms with Crippen molar-refractivity contribution in [3.63, 3.8) is 0 Å². The summed E-state index contributed by atoms with van der Waals surface area (Å²) in [5.41, 5.74) is 5.60. The van der Waals surface area contributed by atoms with E-state index >= 15 is 0 Å². The van der Waals surface area contributed by atoms with Crippen molar-refractivity contribution in [1.82, 2.24) is 4.31 Å². The summed E-state index contributed by atoms with van der Waals surface area (Å²) in [6, 6.07) is 4.09. The molecule has 0 unspecified atom stereocenters. The lowest BCUT2D eigenvalue weighted by atomic mass is 10.1. The van der Waals surface area contributed by atoms with E-state index in [0.717, 1.165) is 38.5 Å². The number of nitrogens with zero attached hydrogens (tertiary/aromatic N) is 1.